The summed E-state index contributed by atoms with van der Waals surface area (Å²) in [6.07, 6.45) is 0. The summed E-state index contributed by atoms with van der Waals surface area (Å²) in [6, 6.07) is 63.2. The van der Waals surface area contributed by atoms with E-state index in [2.05, 4.69) is 170 Å². The molecule has 1 heteroatoms. The highest BCUT2D eigenvalue weighted by atomic mass is 32.1. The normalized spacial score (nSPS) is 12.1. The van der Waals surface area contributed by atoms with E-state index in [1.807, 2.05) is 11.3 Å². The van der Waals surface area contributed by atoms with Gasteiger partial charge in [0.15, 0.2) is 0 Å². The molecule has 0 bridgehead atoms. The monoisotopic (exact) mass is 636 g/mol. The Bertz CT molecular complexity index is 3100. The van der Waals surface area contributed by atoms with E-state index in [0.717, 1.165) is 0 Å². The Labute approximate surface area is 287 Å². The van der Waals surface area contributed by atoms with Gasteiger partial charge in [-0.15, -0.1) is 11.3 Å². The molecule has 226 valence electrons. The molecule has 0 N–H and O–H groups in total. The van der Waals surface area contributed by atoms with Crippen molar-refractivity contribution in [1.82, 2.24) is 0 Å². The van der Waals surface area contributed by atoms with Gasteiger partial charge in [-0.25, -0.2) is 0 Å². The first kappa shape index (κ1) is 27.0. The minimum absolute atomic E-state index is 1.25. The molecule has 0 unspecified atom stereocenters. The zero-order valence-electron chi connectivity index (χ0n) is 26.6. The summed E-state index contributed by atoms with van der Waals surface area (Å²) in [7, 11) is 0. The van der Waals surface area contributed by atoms with Gasteiger partial charge in [0.1, 0.15) is 0 Å². The Balaban J connectivity index is 1.21. The fourth-order valence-corrected chi connectivity index (χ4v) is 9.76. The Morgan fingerprint density at radius 1 is 0.286 bits per heavy atom. The second-order valence-corrected chi connectivity index (χ2v) is 14.2. The van der Waals surface area contributed by atoms with Crippen LogP contribution in [0.15, 0.2) is 170 Å². The molecule has 0 aliphatic rings. The fraction of sp³-hybridized carbons (Fsp3) is 0. The van der Waals surface area contributed by atoms with Gasteiger partial charge in [-0.1, -0.05) is 158 Å². The highest BCUT2D eigenvalue weighted by Crippen LogP contribution is 2.48. The van der Waals surface area contributed by atoms with Crippen LogP contribution in [0.3, 0.4) is 0 Å². The summed E-state index contributed by atoms with van der Waals surface area (Å²) in [5.41, 5.74) is 5.11. The lowest BCUT2D eigenvalue weighted by Crippen LogP contribution is -1.91. The number of benzene rings is 10. The third kappa shape index (κ3) is 3.85. The standard InChI is InChI=1S/C48H28S/c1-2-12-33-29(11-1)21-22-30-23-24-31(27-43(30)33)45-37-16-6-8-18-39(37)46(40-19-9-7-17-38(40)45)32-25-26-42-44(28-32)49-48-41-20-10-4-14-35(41)34-13-3-5-15-36(34)47(42)48/h1-28H. The summed E-state index contributed by atoms with van der Waals surface area (Å²) in [4.78, 5) is 0. The molecule has 0 saturated carbocycles. The van der Waals surface area contributed by atoms with Crippen LogP contribution in [0.1, 0.15) is 0 Å². The summed E-state index contributed by atoms with van der Waals surface area (Å²) in [5.74, 6) is 0. The molecule has 0 saturated heterocycles. The molecule has 1 aromatic heterocycles. The highest BCUT2D eigenvalue weighted by molar-refractivity contribution is 7.27. The van der Waals surface area contributed by atoms with Crippen molar-refractivity contribution in [2.75, 3.05) is 0 Å². The molecular formula is C48H28S. The summed E-state index contributed by atoms with van der Waals surface area (Å²) in [5, 5.41) is 18.3. The predicted octanol–water partition coefficient (Wildman–Crippen LogP) is 14.3. The Hall–Kier alpha value is -6.02. The molecule has 11 rings (SSSR count). The lowest BCUT2D eigenvalue weighted by molar-refractivity contribution is 1.69. The molecule has 0 spiro atoms. The van der Waals surface area contributed by atoms with Crippen LogP contribution in [0, 0.1) is 0 Å². The second-order valence-electron chi connectivity index (χ2n) is 13.2. The van der Waals surface area contributed by atoms with Crippen molar-refractivity contribution in [3.8, 4) is 22.3 Å². The number of hydrogen-bond acceptors (Lipinski definition) is 1. The molecular weight excluding hydrogens is 609 g/mol. The van der Waals surface area contributed by atoms with Gasteiger partial charge in [-0.2, -0.15) is 0 Å². The summed E-state index contributed by atoms with van der Waals surface area (Å²) >= 11 is 1.93. The Kier molecular flexibility index (Phi) is 5.64. The van der Waals surface area contributed by atoms with Crippen molar-refractivity contribution < 1.29 is 0 Å². The second kappa shape index (κ2) is 10.2. The predicted molar refractivity (Wildman–Crippen MR) is 215 cm³/mol. The molecule has 0 atom stereocenters. The first-order valence-electron chi connectivity index (χ1n) is 16.9. The molecule has 1 heterocycles. The molecule has 0 nitrogen and oxygen atoms in total. The van der Waals surface area contributed by atoms with Gasteiger partial charge >= 0.3 is 0 Å². The number of rotatable bonds is 2. The van der Waals surface area contributed by atoms with Crippen LogP contribution >= 0.6 is 11.3 Å². The quantitative estimate of drug-likeness (QED) is 0.131. The molecule has 0 radical (unpaired) electrons. The number of thiophene rings is 1. The van der Waals surface area contributed by atoms with Gasteiger partial charge in [0.2, 0.25) is 0 Å². The summed E-state index contributed by atoms with van der Waals surface area (Å²) in [6.45, 7) is 0. The van der Waals surface area contributed by atoms with Crippen molar-refractivity contribution >= 4 is 96.1 Å². The zero-order chi connectivity index (χ0) is 32.1. The van der Waals surface area contributed by atoms with Crippen LogP contribution in [0.2, 0.25) is 0 Å². The van der Waals surface area contributed by atoms with Crippen molar-refractivity contribution in [2.24, 2.45) is 0 Å². The maximum absolute atomic E-state index is 2.44. The van der Waals surface area contributed by atoms with E-state index in [0.29, 0.717) is 0 Å². The van der Waals surface area contributed by atoms with E-state index < -0.39 is 0 Å². The Morgan fingerprint density at radius 3 is 1.39 bits per heavy atom. The largest absolute Gasteiger partial charge is 0.134 e. The summed E-state index contributed by atoms with van der Waals surface area (Å²) < 4.78 is 2.70. The minimum Gasteiger partial charge on any atom is -0.134 e. The van der Waals surface area contributed by atoms with Gasteiger partial charge in [-0.3, -0.25) is 0 Å². The van der Waals surface area contributed by atoms with E-state index in [1.165, 1.54) is 107 Å². The van der Waals surface area contributed by atoms with E-state index in [9.17, 15) is 0 Å². The molecule has 11 aromatic rings. The average molecular weight is 637 g/mol. The van der Waals surface area contributed by atoms with Crippen molar-refractivity contribution in [1.29, 1.82) is 0 Å². The van der Waals surface area contributed by atoms with Gasteiger partial charge < -0.3 is 0 Å². The highest BCUT2D eigenvalue weighted by Gasteiger charge is 2.19. The molecule has 10 aromatic carbocycles. The van der Waals surface area contributed by atoms with Crippen molar-refractivity contribution in [3.63, 3.8) is 0 Å². The van der Waals surface area contributed by atoms with Gasteiger partial charge in [0, 0.05) is 25.6 Å². The minimum atomic E-state index is 1.25. The van der Waals surface area contributed by atoms with Crippen LogP contribution in [-0.2, 0) is 0 Å². The lowest BCUT2D eigenvalue weighted by Gasteiger charge is -2.18. The smallest absolute Gasteiger partial charge is 0.0440 e. The lowest BCUT2D eigenvalue weighted by atomic mass is 9.85. The van der Waals surface area contributed by atoms with Crippen molar-refractivity contribution in [3.05, 3.63) is 170 Å². The fourth-order valence-electron chi connectivity index (χ4n) is 8.47. The first-order valence-corrected chi connectivity index (χ1v) is 17.7. The number of fused-ring (bicyclic) bond motifs is 13. The van der Waals surface area contributed by atoms with Crippen molar-refractivity contribution in [2.45, 2.75) is 0 Å². The van der Waals surface area contributed by atoms with E-state index >= 15 is 0 Å². The van der Waals surface area contributed by atoms with Crippen LogP contribution in [0.4, 0.5) is 0 Å². The van der Waals surface area contributed by atoms with Crippen LogP contribution < -0.4 is 0 Å². The van der Waals surface area contributed by atoms with Gasteiger partial charge in [-0.05, 0) is 93.6 Å². The topological polar surface area (TPSA) is 0 Å². The Morgan fingerprint density at radius 2 is 0.735 bits per heavy atom. The first-order chi connectivity index (χ1) is 24.3. The maximum atomic E-state index is 2.44. The molecule has 0 aliphatic heterocycles. The maximum Gasteiger partial charge on any atom is 0.0440 e. The van der Waals surface area contributed by atoms with Gasteiger partial charge in [0.05, 0.1) is 0 Å². The van der Waals surface area contributed by atoms with Crippen LogP contribution in [0.5, 0.6) is 0 Å². The molecule has 0 aliphatic carbocycles. The zero-order valence-corrected chi connectivity index (χ0v) is 27.4. The number of hydrogen-bond donors (Lipinski definition) is 0. The molecule has 0 fully saturated rings. The SMILES string of the molecule is c1ccc2c(c1)ccc1ccc(-c3c4ccccc4c(-c4ccc5c(c4)sc4c6ccccc6c6ccccc6c54)c4ccccc34)cc12. The van der Waals surface area contributed by atoms with E-state index in [-0.39, 0.29) is 0 Å². The average Bonchev–Trinajstić information content (AvgIpc) is 3.56. The van der Waals surface area contributed by atoms with E-state index in [4.69, 9.17) is 0 Å². The van der Waals surface area contributed by atoms with Gasteiger partial charge in [0.25, 0.3) is 0 Å². The van der Waals surface area contributed by atoms with Crippen LogP contribution in [0.25, 0.3) is 107 Å². The molecule has 0 amide bonds. The third-order valence-electron chi connectivity index (χ3n) is 10.6. The van der Waals surface area contributed by atoms with Crippen LogP contribution in [-0.4, -0.2) is 0 Å². The third-order valence-corrected chi connectivity index (χ3v) is 11.8. The van der Waals surface area contributed by atoms with E-state index in [1.54, 1.807) is 0 Å². The molecule has 49 heavy (non-hydrogen) atoms.